The highest BCUT2D eigenvalue weighted by atomic mass is 32.2. The molecule has 8 heteroatoms. The molecule has 2 amide bonds. The lowest BCUT2D eigenvalue weighted by Crippen LogP contribution is -2.42. The first-order valence-corrected chi connectivity index (χ1v) is 8.43. The van der Waals surface area contributed by atoms with Gasteiger partial charge in [-0.05, 0) is 26.4 Å². The highest BCUT2D eigenvalue weighted by Gasteiger charge is 2.16. The Balaban J connectivity index is 2.16. The summed E-state index contributed by atoms with van der Waals surface area (Å²) in [6.07, 6.45) is 2.70. The molecule has 1 fully saturated rings. The minimum absolute atomic E-state index is 0.0605. The Morgan fingerprint density at radius 1 is 1.16 bits per heavy atom. The Morgan fingerprint density at radius 2 is 1.89 bits per heavy atom. The number of nitrogens with zero attached hydrogens (tertiary/aromatic N) is 2. The van der Waals surface area contributed by atoms with Crippen LogP contribution in [0.2, 0.25) is 0 Å². The normalized spacial score (nSPS) is 18.1. The predicted octanol–water partition coefficient (Wildman–Crippen LogP) is -0.727. The number of urea groups is 1. The summed E-state index contributed by atoms with van der Waals surface area (Å²) in [6.45, 7) is 4.25. The first kappa shape index (κ1) is 16.2. The lowest BCUT2D eigenvalue weighted by Gasteiger charge is -2.21. The van der Waals surface area contributed by atoms with Gasteiger partial charge in [0.1, 0.15) is 0 Å². The second-order valence-corrected chi connectivity index (χ2v) is 6.73. The number of hydrogen-bond donors (Lipinski definition) is 2. The second kappa shape index (κ2) is 7.66. The van der Waals surface area contributed by atoms with Gasteiger partial charge in [0.15, 0.2) is 0 Å². The summed E-state index contributed by atoms with van der Waals surface area (Å²) in [4.78, 5) is 15.9. The van der Waals surface area contributed by atoms with Crippen LogP contribution in [0.15, 0.2) is 0 Å². The molecule has 0 aliphatic carbocycles. The summed E-state index contributed by atoms with van der Waals surface area (Å²) in [5.41, 5.74) is 0. The third kappa shape index (κ3) is 7.34. The molecule has 0 saturated carbocycles. The van der Waals surface area contributed by atoms with E-state index in [4.69, 9.17) is 0 Å². The van der Waals surface area contributed by atoms with Gasteiger partial charge >= 0.3 is 6.03 Å². The third-order valence-corrected chi connectivity index (χ3v) is 3.73. The van der Waals surface area contributed by atoms with Crippen LogP contribution in [0.3, 0.4) is 0 Å². The van der Waals surface area contributed by atoms with Gasteiger partial charge in [0.05, 0.1) is 6.26 Å². The van der Waals surface area contributed by atoms with Crippen LogP contribution in [0, 0.1) is 0 Å². The summed E-state index contributed by atoms with van der Waals surface area (Å²) >= 11 is 0. The van der Waals surface area contributed by atoms with Crippen molar-refractivity contribution in [2.75, 3.05) is 52.6 Å². The van der Waals surface area contributed by atoms with Crippen molar-refractivity contribution in [1.29, 1.82) is 0 Å². The van der Waals surface area contributed by atoms with Crippen molar-refractivity contribution in [3.63, 3.8) is 0 Å². The van der Waals surface area contributed by atoms with Crippen LogP contribution in [0.1, 0.15) is 12.8 Å². The van der Waals surface area contributed by atoms with Crippen molar-refractivity contribution in [3.05, 3.63) is 0 Å². The summed E-state index contributed by atoms with van der Waals surface area (Å²) in [6, 6.07) is -0.0605. The van der Waals surface area contributed by atoms with E-state index < -0.39 is 10.0 Å². The van der Waals surface area contributed by atoms with Crippen LogP contribution in [0.5, 0.6) is 0 Å². The second-order valence-electron chi connectivity index (χ2n) is 4.90. The van der Waals surface area contributed by atoms with Gasteiger partial charge in [0.25, 0.3) is 0 Å². The molecule has 0 aromatic rings. The standard InChI is InChI=1S/C11H24N4O3S/c1-14-7-4-8-15(10-9-14)11(16)12-5-3-6-13-19(2,17)18/h13H,3-10H2,1-2H3,(H,12,16). The van der Waals surface area contributed by atoms with Crippen LogP contribution >= 0.6 is 0 Å². The molecular formula is C11H24N4O3S. The molecule has 1 heterocycles. The Morgan fingerprint density at radius 3 is 2.58 bits per heavy atom. The van der Waals surface area contributed by atoms with Gasteiger partial charge in [-0.15, -0.1) is 0 Å². The van der Waals surface area contributed by atoms with E-state index >= 15 is 0 Å². The number of likely N-dealkylation sites (N-methyl/N-ethyl adjacent to an activating group) is 1. The molecule has 2 N–H and O–H groups in total. The minimum atomic E-state index is -3.13. The predicted molar refractivity (Wildman–Crippen MR) is 74.5 cm³/mol. The number of amides is 2. The van der Waals surface area contributed by atoms with Gasteiger partial charge < -0.3 is 15.1 Å². The molecule has 0 bridgehead atoms. The smallest absolute Gasteiger partial charge is 0.317 e. The zero-order valence-electron chi connectivity index (χ0n) is 11.7. The van der Waals surface area contributed by atoms with Gasteiger partial charge in [-0.2, -0.15) is 0 Å². The number of hydrogen-bond acceptors (Lipinski definition) is 4. The maximum Gasteiger partial charge on any atom is 0.317 e. The summed E-state index contributed by atoms with van der Waals surface area (Å²) in [5.74, 6) is 0. The highest BCUT2D eigenvalue weighted by Crippen LogP contribution is 2.01. The number of nitrogens with one attached hydrogen (secondary N) is 2. The molecular weight excluding hydrogens is 268 g/mol. The third-order valence-electron chi connectivity index (χ3n) is 3.00. The molecule has 1 rings (SSSR count). The molecule has 0 unspecified atom stereocenters. The first-order valence-electron chi connectivity index (χ1n) is 6.54. The van der Waals surface area contributed by atoms with E-state index in [1.54, 1.807) is 0 Å². The largest absolute Gasteiger partial charge is 0.338 e. The van der Waals surface area contributed by atoms with Crippen molar-refractivity contribution in [2.45, 2.75) is 12.8 Å². The topological polar surface area (TPSA) is 81.8 Å². The molecule has 0 spiro atoms. The molecule has 7 nitrogen and oxygen atoms in total. The number of sulfonamides is 1. The Bertz CT molecular complexity index is 385. The number of carbonyl (C=O) groups excluding carboxylic acids is 1. The van der Waals surface area contributed by atoms with Gasteiger partial charge in [0, 0.05) is 32.7 Å². The molecule has 112 valence electrons. The fourth-order valence-corrected chi connectivity index (χ4v) is 2.42. The Labute approximate surface area is 115 Å². The van der Waals surface area contributed by atoms with Crippen LogP contribution in [0.4, 0.5) is 4.79 Å². The van der Waals surface area contributed by atoms with Crippen molar-refractivity contribution >= 4 is 16.1 Å². The monoisotopic (exact) mass is 292 g/mol. The number of rotatable bonds is 5. The van der Waals surface area contributed by atoms with E-state index in [9.17, 15) is 13.2 Å². The molecule has 19 heavy (non-hydrogen) atoms. The molecule has 0 aromatic heterocycles. The van der Waals surface area contributed by atoms with Gasteiger partial charge in [-0.1, -0.05) is 0 Å². The van der Waals surface area contributed by atoms with Crippen LogP contribution < -0.4 is 10.0 Å². The lowest BCUT2D eigenvalue weighted by atomic mass is 10.4. The fraction of sp³-hybridized carbons (Fsp3) is 0.909. The zero-order valence-corrected chi connectivity index (χ0v) is 12.5. The summed E-state index contributed by atoms with van der Waals surface area (Å²) in [5, 5.41) is 2.81. The van der Waals surface area contributed by atoms with Gasteiger partial charge in [0.2, 0.25) is 10.0 Å². The zero-order chi connectivity index (χ0) is 14.3. The molecule has 1 saturated heterocycles. The van der Waals surface area contributed by atoms with Crippen molar-refractivity contribution in [1.82, 2.24) is 19.8 Å². The first-order chi connectivity index (χ1) is 8.88. The fourth-order valence-electron chi connectivity index (χ4n) is 1.90. The SMILES string of the molecule is CN1CCCN(C(=O)NCCCNS(C)(=O)=O)CC1. The van der Waals surface area contributed by atoms with Crippen molar-refractivity contribution in [3.8, 4) is 0 Å². The van der Waals surface area contributed by atoms with Crippen LogP contribution in [-0.4, -0.2) is 76.8 Å². The molecule has 1 aliphatic rings. The van der Waals surface area contributed by atoms with E-state index in [1.165, 1.54) is 0 Å². The Kier molecular flexibility index (Phi) is 6.53. The average Bonchev–Trinajstić information content (AvgIpc) is 2.52. The van der Waals surface area contributed by atoms with Gasteiger partial charge in [-0.3, -0.25) is 0 Å². The number of carbonyl (C=O) groups is 1. The van der Waals surface area contributed by atoms with Crippen LogP contribution in [0.25, 0.3) is 0 Å². The van der Waals surface area contributed by atoms with Gasteiger partial charge in [-0.25, -0.2) is 17.9 Å². The quantitative estimate of drug-likeness (QED) is 0.655. The lowest BCUT2D eigenvalue weighted by molar-refractivity contribution is 0.199. The van der Waals surface area contributed by atoms with E-state index in [0.29, 0.717) is 19.5 Å². The minimum Gasteiger partial charge on any atom is -0.338 e. The van der Waals surface area contributed by atoms with Crippen LogP contribution in [-0.2, 0) is 10.0 Å². The van der Waals surface area contributed by atoms with E-state index in [2.05, 4.69) is 22.0 Å². The van der Waals surface area contributed by atoms with E-state index in [-0.39, 0.29) is 6.03 Å². The van der Waals surface area contributed by atoms with E-state index in [1.807, 2.05) is 4.90 Å². The average molecular weight is 292 g/mol. The molecule has 1 aliphatic heterocycles. The molecule has 0 radical (unpaired) electrons. The maximum atomic E-state index is 11.9. The molecule has 0 atom stereocenters. The van der Waals surface area contributed by atoms with E-state index in [0.717, 1.165) is 38.9 Å². The maximum absolute atomic E-state index is 11.9. The van der Waals surface area contributed by atoms with Crippen molar-refractivity contribution < 1.29 is 13.2 Å². The summed E-state index contributed by atoms with van der Waals surface area (Å²) in [7, 11) is -1.08. The summed E-state index contributed by atoms with van der Waals surface area (Å²) < 4.78 is 24.1. The van der Waals surface area contributed by atoms with Crippen molar-refractivity contribution in [2.24, 2.45) is 0 Å². The Hall–Kier alpha value is -0.860. The highest BCUT2D eigenvalue weighted by molar-refractivity contribution is 7.88. The molecule has 0 aromatic carbocycles.